The number of rotatable bonds is 7. The zero-order valence-electron chi connectivity index (χ0n) is 15.0. The lowest BCUT2D eigenvalue weighted by Gasteiger charge is -2.38. The lowest BCUT2D eigenvalue weighted by Crippen LogP contribution is -2.55. The summed E-state index contributed by atoms with van der Waals surface area (Å²) in [7, 11) is 0. The van der Waals surface area contributed by atoms with Gasteiger partial charge in [0, 0.05) is 4.91 Å². The van der Waals surface area contributed by atoms with Crippen molar-refractivity contribution in [3.63, 3.8) is 0 Å². The molecule has 3 rings (SSSR count). The van der Waals surface area contributed by atoms with Crippen LogP contribution in [-0.2, 0) is 32.2 Å². The van der Waals surface area contributed by atoms with Gasteiger partial charge in [-0.1, -0.05) is 65.8 Å². The molecule has 0 amide bonds. The highest BCUT2D eigenvalue weighted by Gasteiger charge is 2.45. The Bertz CT molecular complexity index is 793. The zero-order valence-corrected chi connectivity index (χ0v) is 15.0. The second kappa shape index (κ2) is 9.19. The molecule has 0 saturated carbocycles. The Labute approximate surface area is 157 Å². The predicted molar refractivity (Wildman–Crippen MR) is 98.5 cm³/mol. The Kier molecular flexibility index (Phi) is 6.44. The first-order chi connectivity index (χ1) is 13.2. The molecule has 140 valence electrons. The summed E-state index contributed by atoms with van der Waals surface area (Å²) in [5.41, 5.74) is 10.8. The van der Waals surface area contributed by atoms with Gasteiger partial charge in [0.25, 0.3) is 0 Å². The van der Waals surface area contributed by atoms with Crippen molar-refractivity contribution < 1.29 is 19.0 Å². The maximum Gasteiger partial charge on any atom is 0.338 e. The molecular weight excluding hydrogens is 346 g/mol. The van der Waals surface area contributed by atoms with Gasteiger partial charge in [-0.15, -0.1) is 0 Å². The van der Waals surface area contributed by atoms with Gasteiger partial charge in [0.2, 0.25) is 0 Å². The first kappa shape index (κ1) is 18.9. The van der Waals surface area contributed by atoms with Gasteiger partial charge >= 0.3 is 5.97 Å². The van der Waals surface area contributed by atoms with Crippen LogP contribution >= 0.6 is 0 Å². The van der Waals surface area contributed by atoms with Gasteiger partial charge in [-0.3, -0.25) is 0 Å². The molecule has 2 aromatic carbocycles. The van der Waals surface area contributed by atoms with Crippen LogP contribution in [-0.4, -0.2) is 30.3 Å². The minimum Gasteiger partial charge on any atom is -0.460 e. The van der Waals surface area contributed by atoms with E-state index in [9.17, 15) is 4.79 Å². The highest BCUT2D eigenvalue weighted by Crippen LogP contribution is 2.26. The fourth-order valence-corrected chi connectivity index (χ4v) is 3.00. The molecule has 0 unspecified atom stereocenters. The SMILES string of the molecule is C[C@@H]1OC(=O)[C@@H](OCc2ccccc2)[C@H](OCc2ccccc2)[C@H]1N=[N+]=[N-]. The summed E-state index contributed by atoms with van der Waals surface area (Å²) in [6.07, 6.45) is -2.30. The van der Waals surface area contributed by atoms with E-state index in [1.807, 2.05) is 60.7 Å². The van der Waals surface area contributed by atoms with E-state index in [0.717, 1.165) is 11.1 Å². The van der Waals surface area contributed by atoms with E-state index in [1.54, 1.807) is 6.92 Å². The normalized spacial score (nSPS) is 24.7. The molecule has 1 aliphatic rings. The van der Waals surface area contributed by atoms with Crippen molar-refractivity contribution in [3.05, 3.63) is 82.2 Å². The number of benzene rings is 2. The molecule has 1 aliphatic heterocycles. The van der Waals surface area contributed by atoms with E-state index >= 15 is 0 Å². The molecule has 0 radical (unpaired) electrons. The highest BCUT2D eigenvalue weighted by molar-refractivity contribution is 5.77. The summed E-state index contributed by atoms with van der Waals surface area (Å²) in [4.78, 5) is 15.3. The fourth-order valence-electron chi connectivity index (χ4n) is 3.00. The minimum absolute atomic E-state index is 0.225. The second-order valence-electron chi connectivity index (χ2n) is 6.32. The molecule has 0 N–H and O–H groups in total. The molecule has 0 aromatic heterocycles. The quantitative estimate of drug-likeness (QED) is 0.322. The van der Waals surface area contributed by atoms with Gasteiger partial charge < -0.3 is 14.2 Å². The van der Waals surface area contributed by atoms with Crippen LogP contribution in [0.4, 0.5) is 0 Å². The number of hydrogen-bond acceptors (Lipinski definition) is 5. The molecule has 2 aromatic rings. The third kappa shape index (κ3) is 4.86. The molecule has 1 fully saturated rings. The molecular formula is C20H21N3O4. The van der Waals surface area contributed by atoms with Crippen LogP contribution in [0.3, 0.4) is 0 Å². The Morgan fingerprint density at radius 3 is 2.11 bits per heavy atom. The van der Waals surface area contributed by atoms with Crippen LogP contribution in [0.25, 0.3) is 10.4 Å². The number of ether oxygens (including phenoxy) is 3. The van der Waals surface area contributed by atoms with Crippen molar-refractivity contribution >= 4 is 5.97 Å². The van der Waals surface area contributed by atoms with E-state index in [1.165, 1.54) is 0 Å². The van der Waals surface area contributed by atoms with E-state index in [4.69, 9.17) is 19.7 Å². The smallest absolute Gasteiger partial charge is 0.338 e. The van der Waals surface area contributed by atoms with E-state index in [2.05, 4.69) is 10.0 Å². The predicted octanol–water partition coefficient (Wildman–Crippen LogP) is 3.78. The van der Waals surface area contributed by atoms with Crippen LogP contribution in [0, 0.1) is 0 Å². The number of carbonyl (C=O) groups is 1. The van der Waals surface area contributed by atoms with Crippen molar-refractivity contribution in [2.24, 2.45) is 5.11 Å². The van der Waals surface area contributed by atoms with Crippen LogP contribution < -0.4 is 0 Å². The Balaban J connectivity index is 1.77. The third-order valence-electron chi connectivity index (χ3n) is 4.39. The van der Waals surface area contributed by atoms with Crippen LogP contribution in [0.15, 0.2) is 65.8 Å². The largest absolute Gasteiger partial charge is 0.460 e. The van der Waals surface area contributed by atoms with Gasteiger partial charge in [-0.25, -0.2) is 4.79 Å². The van der Waals surface area contributed by atoms with Crippen molar-refractivity contribution in [2.75, 3.05) is 0 Å². The summed E-state index contributed by atoms with van der Waals surface area (Å²) in [6.45, 7) is 2.18. The Morgan fingerprint density at radius 1 is 1.00 bits per heavy atom. The monoisotopic (exact) mass is 367 g/mol. The number of azide groups is 1. The first-order valence-corrected chi connectivity index (χ1v) is 8.75. The average Bonchev–Trinajstić information content (AvgIpc) is 2.69. The summed E-state index contributed by atoms with van der Waals surface area (Å²) >= 11 is 0. The third-order valence-corrected chi connectivity index (χ3v) is 4.39. The number of hydrogen-bond donors (Lipinski definition) is 0. The number of carbonyl (C=O) groups excluding carboxylic acids is 1. The van der Waals surface area contributed by atoms with E-state index in [0.29, 0.717) is 0 Å². The molecule has 27 heavy (non-hydrogen) atoms. The molecule has 0 bridgehead atoms. The van der Waals surface area contributed by atoms with Crippen molar-refractivity contribution in [1.29, 1.82) is 0 Å². The maximum atomic E-state index is 12.4. The van der Waals surface area contributed by atoms with Gasteiger partial charge in [0.05, 0.1) is 13.2 Å². The zero-order chi connectivity index (χ0) is 19.1. The Morgan fingerprint density at radius 2 is 1.56 bits per heavy atom. The van der Waals surface area contributed by atoms with Crippen LogP contribution in [0.5, 0.6) is 0 Å². The molecule has 1 heterocycles. The minimum atomic E-state index is -0.972. The maximum absolute atomic E-state index is 12.4. The molecule has 7 nitrogen and oxygen atoms in total. The number of esters is 1. The summed E-state index contributed by atoms with van der Waals surface area (Å²) in [5.74, 6) is -0.513. The van der Waals surface area contributed by atoms with Gasteiger partial charge in [-0.05, 0) is 23.6 Å². The Hall–Kier alpha value is -2.86. The summed E-state index contributed by atoms with van der Waals surface area (Å²) < 4.78 is 17.1. The first-order valence-electron chi connectivity index (χ1n) is 8.75. The molecule has 1 saturated heterocycles. The molecule has 0 aliphatic carbocycles. The second-order valence-corrected chi connectivity index (χ2v) is 6.32. The fraction of sp³-hybridized carbons (Fsp3) is 0.350. The molecule has 4 atom stereocenters. The standard InChI is InChI=1S/C20H21N3O4/c1-14-17(22-23-21)18(25-12-15-8-4-2-5-9-15)19(20(24)27-14)26-13-16-10-6-3-7-11-16/h2-11,14,17-19H,12-13H2,1H3/t14-,17-,18+,19-/m0/s1. The van der Waals surface area contributed by atoms with Crippen molar-refractivity contribution in [3.8, 4) is 0 Å². The van der Waals surface area contributed by atoms with Gasteiger partial charge in [0.15, 0.2) is 6.10 Å². The lowest BCUT2D eigenvalue weighted by atomic mass is 9.98. The highest BCUT2D eigenvalue weighted by atomic mass is 16.6. The van der Waals surface area contributed by atoms with Crippen LogP contribution in [0.1, 0.15) is 18.1 Å². The lowest BCUT2D eigenvalue weighted by molar-refractivity contribution is -0.197. The molecule has 7 heteroatoms. The van der Waals surface area contributed by atoms with Gasteiger partial charge in [0.1, 0.15) is 18.2 Å². The number of cyclic esters (lactones) is 1. The summed E-state index contributed by atoms with van der Waals surface area (Å²) in [5, 5.41) is 3.80. The van der Waals surface area contributed by atoms with E-state index < -0.39 is 30.3 Å². The summed E-state index contributed by atoms with van der Waals surface area (Å²) in [6, 6.07) is 18.4. The number of nitrogens with zero attached hydrogens (tertiary/aromatic N) is 3. The van der Waals surface area contributed by atoms with Gasteiger partial charge in [-0.2, -0.15) is 0 Å². The van der Waals surface area contributed by atoms with Crippen molar-refractivity contribution in [1.82, 2.24) is 0 Å². The van der Waals surface area contributed by atoms with Crippen molar-refractivity contribution in [2.45, 2.75) is 44.5 Å². The average molecular weight is 367 g/mol. The molecule has 0 spiro atoms. The topological polar surface area (TPSA) is 93.5 Å². The van der Waals surface area contributed by atoms with E-state index in [-0.39, 0.29) is 13.2 Å². The van der Waals surface area contributed by atoms with Crippen LogP contribution in [0.2, 0.25) is 0 Å².